The summed E-state index contributed by atoms with van der Waals surface area (Å²) < 4.78 is 10.00. The fraction of sp³-hybridized carbons (Fsp3) is 0.259. The van der Waals surface area contributed by atoms with Crippen molar-refractivity contribution in [3.05, 3.63) is 81.2 Å². The van der Waals surface area contributed by atoms with Crippen molar-refractivity contribution in [2.45, 2.75) is 31.4 Å². The van der Waals surface area contributed by atoms with Gasteiger partial charge in [0.25, 0.3) is 5.91 Å². The van der Waals surface area contributed by atoms with Gasteiger partial charge in [-0.25, -0.2) is 0 Å². The Balaban J connectivity index is 1.87. The molecule has 1 saturated heterocycles. The third-order valence-corrected chi connectivity index (χ3v) is 7.71. The van der Waals surface area contributed by atoms with Gasteiger partial charge in [-0.05, 0) is 54.8 Å². The van der Waals surface area contributed by atoms with Crippen LogP contribution in [0.1, 0.15) is 29.0 Å². The molecule has 4 rings (SSSR count). The monoisotopic (exact) mass is 518 g/mol. The summed E-state index contributed by atoms with van der Waals surface area (Å²) in [6, 6.07) is 14.6. The van der Waals surface area contributed by atoms with Crippen molar-refractivity contribution >= 4 is 35.2 Å². The number of allylic oxidation sites excluding steroid dienone is 1. The van der Waals surface area contributed by atoms with E-state index in [0.717, 1.165) is 22.9 Å². The maximum Gasteiger partial charge on any atom is 0.307 e. The Kier molecular flexibility index (Phi) is 7.27. The highest BCUT2D eigenvalue weighted by Crippen LogP contribution is 2.50. The number of nitrogens with two attached hydrogens (primary N) is 1. The van der Waals surface area contributed by atoms with E-state index in [9.17, 15) is 19.6 Å². The van der Waals surface area contributed by atoms with Crippen molar-refractivity contribution < 1.29 is 23.9 Å². The second-order valence-electron chi connectivity index (χ2n) is 8.65. The van der Waals surface area contributed by atoms with Gasteiger partial charge in [0.05, 0.1) is 48.8 Å². The standard InChI is InChI=1S/C27H26N4O5S/c1-14-5-8-17(11-15(14)2)30-25(33)23-22(16-6-9-18(35-3)10-7-16)19(13-28)24(29)31-26(34)20(37-27(23)31)12-21(32)36-4/h5-11,20,22H,12,29H2,1-4H3,(H,30,33). The van der Waals surface area contributed by atoms with Crippen LogP contribution in [0.3, 0.4) is 0 Å². The van der Waals surface area contributed by atoms with Crippen LogP contribution in [0.4, 0.5) is 5.69 Å². The predicted molar refractivity (Wildman–Crippen MR) is 139 cm³/mol. The number of ether oxygens (including phenoxy) is 2. The lowest BCUT2D eigenvalue weighted by molar-refractivity contribution is -0.142. The third-order valence-electron chi connectivity index (χ3n) is 6.44. The first-order valence-electron chi connectivity index (χ1n) is 11.4. The summed E-state index contributed by atoms with van der Waals surface area (Å²) in [6.45, 7) is 3.91. The summed E-state index contributed by atoms with van der Waals surface area (Å²) in [5, 5.41) is 12.5. The minimum absolute atomic E-state index is 0.0619. The number of rotatable bonds is 6. The zero-order valence-corrected chi connectivity index (χ0v) is 21.6. The van der Waals surface area contributed by atoms with Crippen LogP contribution in [-0.4, -0.2) is 42.2 Å². The zero-order valence-electron chi connectivity index (χ0n) is 20.8. The van der Waals surface area contributed by atoms with E-state index in [1.165, 1.54) is 12.0 Å². The van der Waals surface area contributed by atoms with Crippen molar-refractivity contribution in [2.24, 2.45) is 5.73 Å². The van der Waals surface area contributed by atoms with Gasteiger partial charge in [0.2, 0.25) is 5.91 Å². The van der Waals surface area contributed by atoms with Crippen LogP contribution in [0.15, 0.2) is 64.5 Å². The van der Waals surface area contributed by atoms with E-state index < -0.39 is 29.0 Å². The molecule has 0 radical (unpaired) electrons. The van der Waals surface area contributed by atoms with Crippen molar-refractivity contribution in [2.75, 3.05) is 19.5 Å². The minimum Gasteiger partial charge on any atom is -0.497 e. The van der Waals surface area contributed by atoms with Gasteiger partial charge in [-0.2, -0.15) is 5.26 Å². The Labute approximate surface area is 218 Å². The van der Waals surface area contributed by atoms with Gasteiger partial charge in [0.15, 0.2) is 0 Å². The van der Waals surface area contributed by atoms with Crippen LogP contribution < -0.4 is 15.8 Å². The van der Waals surface area contributed by atoms with Gasteiger partial charge in [-0.1, -0.05) is 30.0 Å². The number of esters is 1. The number of carbonyl (C=O) groups is 3. The van der Waals surface area contributed by atoms with E-state index in [-0.39, 0.29) is 28.4 Å². The molecule has 1 fully saturated rings. The highest BCUT2D eigenvalue weighted by molar-refractivity contribution is 8.04. The van der Waals surface area contributed by atoms with Crippen LogP contribution in [0.5, 0.6) is 5.75 Å². The average Bonchev–Trinajstić information content (AvgIpc) is 3.21. The fourth-order valence-corrected chi connectivity index (χ4v) is 5.62. The van der Waals surface area contributed by atoms with Crippen molar-refractivity contribution in [1.82, 2.24) is 4.90 Å². The second-order valence-corrected chi connectivity index (χ2v) is 9.84. The van der Waals surface area contributed by atoms with Gasteiger partial charge in [0.1, 0.15) is 16.8 Å². The van der Waals surface area contributed by atoms with Gasteiger partial charge in [-0.15, -0.1) is 0 Å². The van der Waals surface area contributed by atoms with Crippen molar-refractivity contribution in [3.63, 3.8) is 0 Å². The molecule has 0 spiro atoms. The molecular formula is C27H26N4O5S. The molecule has 190 valence electrons. The Morgan fingerprint density at radius 3 is 2.43 bits per heavy atom. The molecular weight excluding hydrogens is 492 g/mol. The Morgan fingerprint density at radius 1 is 1.14 bits per heavy atom. The summed E-state index contributed by atoms with van der Waals surface area (Å²) in [5.74, 6) is -1.84. The maximum absolute atomic E-state index is 13.9. The Morgan fingerprint density at radius 2 is 1.84 bits per heavy atom. The lowest BCUT2D eigenvalue weighted by atomic mass is 9.82. The molecule has 37 heavy (non-hydrogen) atoms. The smallest absolute Gasteiger partial charge is 0.307 e. The number of hydrogen-bond donors (Lipinski definition) is 2. The molecule has 2 aliphatic heterocycles. The maximum atomic E-state index is 13.9. The van der Waals surface area contributed by atoms with E-state index in [4.69, 9.17) is 15.2 Å². The first-order chi connectivity index (χ1) is 17.7. The Bertz CT molecular complexity index is 1390. The first-order valence-corrected chi connectivity index (χ1v) is 12.3. The van der Waals surface area contributed by atoms with Crippen LogP contribution in [0, 0.1) is 25.2 Å². The van der Waals surface area contributed by atoms with Crippen LogP contribution in [-0.2, 0) is 19.1 Å². The highest BCUT2D eigenvalue weighted by Gasteiger charge is 2.48. The number of fused-ring (bicyclic) bond motifs is 1. The number of carbonyl (C=O) groups excluding carboxylic acids is 3. The summed E-state index contributed by atoms with van der Waals surface area (Å²) in [4.78, 5) is 40.3. The fourth-order valence-electron chi connectivity index (χ4n) is 4.29. The second kappa shape index (κ2) is 10.4. The molecule has 2 aromatic carbocycles. The van der Waals surface area contributed by atoms with E-state index in [2.05, 4.69) is 11.4 Å². The molecule has 0 saturated carbocycles. The zero-order chi connectivity index (χ0) is 26.9. The van der Waals surface area contributed by atoms with Crippen LogP contribution >= 0.6 is 11.8 Å². The van der Waals surface area contributed by atoms with Gasteiger partial charge >= 0.3 is 5.97 Å². The number of methoxy groups -OCH3 is 2. The van der Waals surface area contributed by atoms with E-state index in [0.29, 0.717) is 17.0 Å². The number of nitrogens with zero attached hydrogens (tertiary/aromatic N) is 2. The molecule has 0 aromatic heterocycles. The molecule has 2 heterocycles. The number of nitrogens with one attached hydrogen (secondary N) is 1. The molecule has 10 heteroatoms. The molecule has 0 aliphatic carbocycles. The number of aryl methyl sites for hydroxylation is 2. The number of amides is 2. The molecule has 2 amide bonds. The summed E-state index contributed by atoms with van der Waals surface area (Å²) in [5.41, 5.74) is 9.90. The molecule has 2 atom stereocenters. The molecule has 2 aliphatic rings. The average molecular weight is 519 g/mol. The summed E-state index contributed by atoms with van der Waals surface area (Å²) >= 11 is 1.07. The number of thioether (sulfide) groups is 1. The van der Waals surface area contributed by atoms with E-state index in [1.54, 1.807) is 37.4 Å². The summed E-state index contributed by atoms with van der Waals surface area (Å²) in [6.07, 6.45) is -0.200. The van der Waals surface area contributed by atoms with Gasteiger partial charge < -0.3 is 20.5 Å². The van der Waals surface area contributed by atoms with Crippen molar-refractivity contribution in [3.8, 4) is 11.8 Å². The minimum atomic E-state index is -0.847. The van der Waals surface area contributed by atoms with Gasteiger partial charge in [-0.3, -0.25) is 19.3 Å². The number of nitriles is 1. The Hall–Kier alpha value is -4.23. The number of anilines is 1. The lowest BCUT2D eigenvalue weighted by Crippen LogP contribution is -2.39. The first kappa shape index (κ1) is 25.9. The third kappa shape index (κ3) is 4.78. The normalized spacial score (nSPS) is 18.9. The van der Waals surface area contributed by atoms with Crippen LogP contribution in [0.2, 0.25) is 0 Å². The molecule has 2 aromatic rings. The topological polar surface area (TPSA) is 135 Å². The van der Waals surface area contributed by atoms with Gasteiger partial charge in [0, 0.05) is 5.69 Å². The summed E-state index contributed by atoms with van der Waals surface area (Å²) in [7, 11) is 2.78. The molecule has 9 nitrogen and oxygen atoms in total. The predicted octanol–water partition coefficient (Wildman–Crippen LogP) is 3.46. The van der Waals surface area contributed by atoms with E-state index in [1.807, 2.05) is 26.0 Å². The van der Waals surface area contributed by atoms with Crippen molar-refractivity contribution in [1.29, 1.82) is 5.26 Å². The largest absolute Gasteiger partial charge is 0.497 e. The number of hydrogen-bond acceptors (Lipinski definition) is 8. The highest BCUT2D eigenvalue weighted by atomic mass is 32.2. The number of benzene rings is 2. The SMILES string of the molecule is COC(=O)CC1SC2=C(C(=O)Nc3ccc(C)c(C)c3)C(c3ccc(OC)cc3)C(C#N)=C(N)N2C1=O. The lowest BCUT2D eigenvalue weighted by Gasteiger charge is -2.32. The molecule has 3 N–H and O–H groups in total. The molecule has 2 unspecified atom stereocenters. The van der Waals surface area contributed by atoms with Crippen LogP contribution in [0.25, 0.3) is 0 Å². The molecule has 0 bridgehead atoms. The quantitative estimate of drug-likeness (QED) is 0.555. The van der Waals surface area contributed by atoms with E-state index >= 15 is 0 Å².